The molecule has 3 heteroatoms. The second-order valence-corrected chi connectivity index (χ2v) is 6.40. The van der Waals surface area contributed by atoms with Gasteiger partial charge in [0.1, 0.15) is 11.5 Å². The van der Waals surface area contributed by atoms with E-state index >= 15 is 0 Å². The van der Waals surface area contributed by atoms with E-state index in [1.165, 1.54) is 5.56 Å². The van der Waals surface area contributed by atoms with Crippen LogP contribution in [0.2, 0.25) is 0 Å². The second kappa shape index (κ2) is 8.86. The molecule has 27 heavy (non-hydrogen) atoms. The van der Waals surface area contributed by atoms with Gasteiger partial charge in [-0.25, -0.2) is 4.99 Å². The fraction of sp³-hybridized carbons (Fsp3) is 0.125. The van der Waals surface area contributed by atoms with Gasteiger partial charge >= 0.3 is 0 Å². The van der Waals surface area contributed by atoms with Gasteiger partial charge in [0.15, 0.2) is 0 Å². The summed E-state index contributed by atoms with van der Waals surface area (Å²) < 4.78 is 11.9. The van der Waals surface area contributed by atoms with Crippen molar-refractivity contribution in [1.29, 1.82) is 0 Å². The van der Waals surface area contributed by atoms with Gasteiger partial charge in [-0.1, -0.05) is 48.0 Å². The van der Waals surface area contributed by atoms with Crippen LogP contribution in [0.3, 0.4) is 0 Å². The lowest BCUT2D eigenvalue weighted by Gasteiger charge is -2.11. The van der Waals surface area contributed by atoms with Crippen molar-refractivity contribution in [1.82, 2.24) is 0 Å². The topological polar surface area (TPSA) is 30.8 Å². The van der Waals surface area contributed by atoms with E-state index < -0.39 is 0 Å². The maximum absolute atomic E-state index is 6.07. The zero-order valence-corrected chi connectivity index (χ0v) is 15.8. The predicted octanol–water partition coefficient (Wildman–Crippen LogP) is 6.40. The largest absolute Gasteiger partial charge is 0.465 e. The molecule has 136 valence electrons. The van der Waals surface area contributed by atoms with E-state index in [4.69, 9.17) is 9.47 Å². The Morgan fingerprint density at radius 2 is 1.52 bits per heavy atom. The highest BCUT2D eigenvalue weighted by Gasteiger charge is 2.08. The Morgan fingerprint density at radius 1 is 0.778 bits per heavy atom. The molecule has 0 aliphatic rings. The molecule has 3 rings (SSSR count). The Labute approximate surface area is 160 Å². The fourth-order valence-electron chi connectivity index (χ4n) is 2.43. The zero-order chi connectivity index (χ0) is 19.1. The number of ether oxygens (including phenoxy) is 2. The summed E-state index contributed by atoms with van der Waals surface area (Å²) in [6.45, 7) is 6.00. The van der Waals surface area contributed by atoms with Crippen molar-refractivity contribution in [3.63, 3.8) is 0 Å². The first-order valence-electron chi connectivity index (χ1n) is 8.89. The summed E-state index contributed by atoms with van der Waals surface area (Å²) in [6.07, 6.45) is 1.67. The van der Waals surface area contributed by atoms with E-state index in [1.807, 2.05) is 99.6 Å². The minimum Gasteiger partial charge on any atom is -0.465 e. The van der Waals surface area contributed by atoms with Gasteiger partial charge in [0, 0.05) is 5.57 Å². The van der Waals surface area contributed by atoms with Crippen LogP contribution < -0.4 is 9.47 Å². The van der Waals surface area contributed by atoms with Crippen LogP contribution in [0.25, 0.3) is 0 Å². The third kappa shape index (κ3) is 5.58. The van der Waals surface area contributed by atoms with Crippen LogP contribution in [0, 0.1) is 13.8 Å². The average Bonchev–Trinajstić information content (AvgIpc) is 2.68. The minimum absolute atomic E-state index is 0.499. The molecular formula is C24H23NO2. The molecule has 0 saturated carbocycles. The van der Waals surface area contributed by atoms with Crippen LogP contribution in [0.5, 0.6) is 11.5 Å². The van der Waals surface area contributed by atoms with Crippen molar-refractivity contribution < 1.29 is 9.47 Å². The third-order valence-electron chi connectivity index (χ3n) is 3.92. The summed E-state index contributed by atoms with van der Waals surface area (Å²) in [5, 5.41) is 0. The van der Waals surface area contributed by atoms with E-state index in [0.29, 0.717) is 5.90 Å². The molecule has 0 aliphatic carbocycles. The zero-order valence-electron chi connectivity index (χ0n) is 15.8. The predicted molar refractivity (Wildman–Crippen MR) is 111 cm³/mol. The van der Waals surface area contributed by atoms with Crippen molar-refractivity contribution in [3.8, 4) is 11.5 Å². The van der Waals surface area contributed by atoms with E-state index in [9.17, 15) is 0 Å². The number of hydrogen-bond donors (Lipinski definition) is 0. The number of hydrogen-bond acceptors (Lipinski definition) is 3. The van der Waals surface area contributed by atoms with Crippen molar-refractivity contribution >= 4 is 11.6 Å². The molecule has 3 aromatic carbocycles. The average molecular weight is 357 g/mol. The van der Waals surface area contributed by atoms with E-state index in [0.717, 1.165) is 28.3 Å². The third-order valence-corrected chi connectivity index (χ3v) is 3.92. The van der Waals surface area contributed by atoms with Gasteiger partial charge in [0.2, 0.25) is 5.90 Å². The molecule has 0 bridgehead atoms. The van der Waals surface area contributed by atoms with Gasteiger partial charge in [0.05, 0.1) is 11.9 Å². The molecule has 3 aromatic rings. The number of para-hydroxylation sites is 1. The first kappa shape index (κ1) is 18.5. The van der Waals surface area contributed by atoms with Gasteiger partial charge < -0.3 is 9.47 Å². The highest BCUT2D eigenvalue weighted by atomic mass is 16.5. The summed E-state index contributed by atoms with van der Waals surface area (Å²) in [5.74, 6) is 2.02. The molecule has 3 nitrogen and oxygen atoms in total. The molecule has 0 amide bonds. The quantitative estimate of drug-likeness (QED) is 0.301. The number of nitrogens with zero attached hydrogens (tertiary/aromatic N) is 1. The molecule has 0 saturated heterocycles. The monoisotopic (exact) mass is 357 g/mol. The summed E-state index contributed by atoms with van der Waals surface area (Å²) in [5.41, 5.74) is 3.94. The van der Waals surface area contributed by atoms with Gasteiger partial charge in [-0.3, -0.25) is 0 Å². The van der Waals surface area contributed by atoms with Gasteiger partial charge in [-0.15, -0.1) is 0 Å². The number of rotatable bonds is 5. The standard InChI is InChI=1S/C24H23NO2/c1-18-12-14-22(15-13-18)26-17-20(3)24(25-21-9-5-4-6-10-21)27-23-11-7-8-19(2)16-23/h4-17H,1-3H3. The second-order valence-electron chi connectivity index (χ2n) is 6.40. The molecule has 0 radical (unpaired) electrons. The van der Waals surface area contributed by atoms with Crippen LogP contribution in [0.15, 0.2) is 95.7 Å². The molecule has 0 N–H and O–H groups in total. The lowest BCUT2D eigenvalue weighted by atomic mass is 10.2. The Hall–Kier alpha value is -3.33. The van der Waals surface area contributed by atoms with Crippen molar-refractivity contribution in [2.75, 3.05) is 0 Å². The van der Waals surface area contributed by atoms with Gasteiger partial charge in [-0.2, -0.15) is 0 Å². The molecule has 0 heterocycles. The number of aliphatic imine (C=N–C) groups is 1. The van der Waals surface area contributed by atoms with Gasteiger partial charge in [-0.05, 0) is 62.7 Å². The van der Waals surface area contributed by atoms with E-state index in [-0.39, 0.29) is 0 Å². The molecule has 0 aromatic heterocycles. The molecule has 0 spiro atoms. The Morgan fingerprint density at radius 3 is 2.22 bits per heavy atom. The van der Waals surface area contributed by atoms with Crippen molar-refractivity contribution in [2.24, 2.45) is 4.99 Å². The van der Waals surface area contributed by atoms with E-state index in [2.05, 4.69) is 4.99 Å². The van der Waals surface area contributed by atoms with Crippen molar-refractivity contribution in [2.45, 2.75) is 20.8 Å². The molecule has 0 aliphatic heterocycles. The van der Waals surface area contributed by atoms with Crippen molar-refractivity contribution in [3.05, 3.63) is 102 Å². The highest BCUT2D eigenvalue weighted by Crippen LogP contribution is 2.19. The first-order chi connectivity index (χ1) is 13.1. The maximum atomic E-state index is 6.07. The summed E-state index contributed by atoms with van der Waals surface area (Å²) in [4.78, 5) is 4.66. The first-order valence-corrected chi connectivity index (χ1v) is 8.89. The van der Waals surface area contributed by atoms with Crippen LogP contribution in [-0.2, 0) is 0 Å². The van der Waals surface area contributed by atoms with Crippen LogP contribution >= 0.6 is 0 Å². The lowest BCUT2D eigenvalue weighted by molar-refractivity contribution is 0.473. The lowest BCUT2D eigenvalue weighted by Crippen LogP contribution is -2.11. The maximum Gasteiger partial charge on any atom is 0.225 e. The summed E-state index contributed by atoms with van der Waals surface area (Å²) in [6, 6.07) is 25.5. The summed E-state index contributed by atoms with van der Waals surface area (Å²) >= 11 is 0. The number of aryl methyl sites for hydroxylation is 2. The Balaban J connectivity index is 1.87. The fourth-order valence-corrected chi connectivity index (χ4v) is 2.43. The van der Waals surface area contributed by atoms with E-state index in [1.54, 1.807) is 6.26 Å². The van der Waals surface area contributed by atoms with Crippen LogP contribution in [0.4, 0.5) is 5.69 Å². The SMILES string of the molecule is CC(=COc1ccc(C)cc1)C(=Nc1ccccc1)Oc1cccc(C)c1. The highest BCUT2D eigenvalue weighted by molar-refractivity contribution is 5.96. The Kier molecular flexibility index (Phi) is 6.06. The Bertz CT molecular complexity index is 942. The molecule has 0 atom stereocenters. The smallest absolute Gasteiger partial charge is 0.225 e. The minimum atomic E-state index is 0.499. The number of benzene rings is 3. The normalized spacial score (nSPS) is 12.0. The molecular weight excluding hydrogens is 334 g/mol. The molecule has 0 fully saturated rings. The van der Waals surface area contributed by atoms with Crippen LogP contribution in [-0.4, -0.2) is 5.90 Å². The van der Waals surface area contributed by atoms with Crippen LogP contribution in [0.1, 0.15) is 18.1 Å². The molecule has 0 unspecified atom stereocenters. The van der Waals surface area contributed by atoms with Gasteiger partial charge in [0.25, 0.3) is 0 Å². The summed E-state index contributed by atoms with van der Waals surface area (Å²) in [7, 11) is 0.